The van der Waals surface area contributed by atoms with Crippen LogP contribution in [-0.2, 0) is 14.9 Å². The van der Waals surface area contributed by atoms with Gasteiger partial charge in [-0.15, -0.1) is 0 Å². The summed E-state index contributed by atoms with van der Waals surface area (Å²) in [7, 11) is 0.0449. The van der Waals surface area contributed by atoms with Gasteiger partial charge < -0.3 is 10.1 Å². The van der Waals surface area contributed by atoms with Crippen LogP contribution in [0.5, 0.6) is 0 Å². The summed E-state index contributed by atoms with van der Waals surface area (Å²) in [6.45, 7) is 3.33. The third kappa shape index (κ3) is 5.17. The maximum atomic E-state index is 12.6. The Morgan fingerprint density at radius 2 is 2.10 bits per heavy atom. The number of hydrogen-bond donors (Lipinski definition) is 1. The summed E-state index contributed by atoms with van der Waals surface area (Å²) in [5.74, 6) is 0.323. The molecule has 2 fully saturated rings. The third-order valence-corrected chi connectivity index (χ3v) is 6.22. The van der Waals surface area contributed by atoms with Crippen molar-refractivity contribution in [1.29, 1.82) is 0 Å². The monoisotopic (exact) mass is 319 g/mol. The van der Waals surface area contributed by atoms with Gasteiger partial charge in [0.2, 0.25) is 0 Å². The lowest BCUT2D eigenvalue weighted by molar-refractivity contribution is 0.116. The van der Waals surface area contributed by atoms with Gasteiger partial charge in [-0.25, -0.2) is 0 Å². The molecule has 1 saturated carbocycles. The van der Waals surface area contributed by atoms with E-state index in [1.807, 2.05) is 0 Å². The van der Waals surface area contributed by atoms with Crippen LogP contribution in [0.3, 0.4) is 0 Å². The second-order valence-corrected chi connectivity index (χ2v) is 8.27. The summed E-state index contributed by atoms with van der Waals surface area (Å²) in [4.78, 5) is 0. The summed E-state index contributed by atoms with van der Waals surface area (Å²) in [6.07, 6.45) is 5.37. The summed E-state index contributed by atoms with van der Waals surface area (Å²) in [5.41, 5.74) is 0. The SMILES string of the molecule is COCC1CCCN(S(=O)(=O)N(C)CCCNC2CC2)C1. The van der Waals surface area contributed by atoms with E-state index < -0.39 is 10.2 Å². The van der Waals surface area contributed by atoms with Crippen molar-refractivity contribution >= 4 is 10.2 Å². The topological polar surface area (TPSA) is 61.9 Å². The Bertz CT molecular complexity index is 410. The van der Waals surface area contributed by atoms with Gasteiger partial charge in [-0.3, -0.25) is 0 Å². The molecular weight excluding hydrogens is 290 g/mol. The predicted octanol–water partition coefficient (Wildman–Crippen LogP) is 0.664. The highest BCUT2D eigenvalue weighted by Crippen LogP contribution is 2.21. The van der Waals surface area contributed by atoms with E-state index in [2.05, 4.69) is 5.32 Å². The van der Waals surface area contributed by atoms with E-state index in [4.69, 9.17) is 4.74 Å². The highest BCUT2D eigenvalue weighted by molar-refractivity contribution is 7.86. The van der Waals surface area contributed by atoms with Crippen LogP contribution in [0.15, 0.2) is 0 Å². The van der Waals surface area contributed by atoms with E-state index in [1.165, 1.54) is 17.1 Å². The highest BCUT2D eigenvalue weighted by atomic mass is 32.2. The van der Waals surface area contributed by atoms with Gasteiger partial charge in [-0.2, -0.15) is 17.0 Å². The number of methoxy groups -OCH3 is 1. The van der Waals surface area contributed by atoms with Crippen molar-refractivity contribution < 1.29 is 13.2 Å². The fourth-order valence-electron chi connectivity index (χ4n) is 2.82. The maximum absolute atomic E-state index is 12.6. The average Bonchev–Trinajstić information content (AvgIpc) is 3.28. The van der Waals surface area contributed by atoms with Crippen LogP contribution < -0.4 is 5.32 Å². The molecule has 0 spiro atoms. The molecule has 1 unspecified atom stereocenters. The van der Waals surface area contributed by atoms with Crippen molar-refractivity contribution in [3.8, 4) is 0 Å². The van der Waals surface area contributed by atoms with E-state index >= 15 is 0 Å². The lowest BCUT2D eigenvalue weighted by atomic mass is 10.0. The quantitative estimate of drug-likeness (QED) is 0.634. The van der Waals surface area contributed by atoms with Crippen LogP contribution in [-0.4, -0.2) is 70.0 Å². The first-order valence-electron chi connectivity index (χ1n) is 7.97. The second kappa shape index (κ2) is 7.87. The molecule has 1 N–H and O–H groups in total. The molecule has 0 aromatic carbocycles. The molecule has 0 aromatic heterocycles. The van der Waals surface area contributed by atoms with Crippen molar-refractivity contribution in [2.24, 2.45) is 5.92 Å². The smallest absolute Gasteiger partial charge is 0.281 e. The van der Waals surface area contributed by atoms with Crippen molar-refractivity contribution in [2.45, 2.75) is 38.1 Å². The Balaban J connectivity index is 1.77. The van der Waals surface area contributed by atoms with E-state index in [-0.39, 0.29) is 0 Å². The molecule has 2 aliphatic rings. The zero-order valence-electron chi connectivity index (χ0n) is 13.3. The molecule has 0 aromatic rings. The Kier molecular flexibility index (Phi) is 6.43. The number of rotatable bonds is 9. The molecule has 1 aliphatic carbocycles. The Morgan fingerprint density at radius 1 is 1.33 bits per heavy atom. The molecule has 1 heterocycles. The molecule has 124 valence electrons. The van der Waals surface area contributed by atoms with E-state index in [0.717, 1.165) is 25.8 Å². The van der Waals surface area contributed by atoms with Crippen molar-refractivity contribution in [3.63, 3.8) is 0 Å². The number of ether oxygens (including phenoxy) is 1. The molecular formula is C14H29N3O3S. The van der Waals surface area contributed by atoms with E-state index in [1.54, 1.807) is 18.5 Å². The first kappa shape index (κ1) is 17.1. The van der Waals surface area contributed by atoms with Crippen LogP contribution in [0.25, 0.3) is 0 Å². The fraction of sp³-hybridized carbons (Fsp3) is 1.00. The van der Waals surface area contributed by atoms with Gasteiger partial charge in [0, 0.05) is 39.8 Å². The Morgan fingerprint density at radius 3 is 2.76 bits per heavy atom. The number of nitrogens with zero attached hydrogens (tertiary/aromatic N) is 2. The molecule has 21 heavy (non-hydrogen) atoms. The molecule has 1 aliphatic heterocycles. The molecule has 2 rings (SSSR count). The van der Waals surface area contributed by atoms with Crippen LogP contribution in [0.2, 0.25) is 0 Å². The van der Waals surface area contributed by atoms with Gasteiger partial charge in [-0.1, -0.05) is 0 Å². The number of hydrogen-bond acceptors (Lipinski definition) is 4. The first-order valence-corrected chi connectivity index (χ1v) is 9.37. The van der Waals surface area contributed by atoms with Crippen molar-refractivity contribution in [2.75, 3.05) is 46.9 Å². The third-order valence-electron chi connectivity index (χ3n) is 4.26. The lowest BCUT2D eigenvalue weighted by Crippen LogP contribution is -2.47. The van der Waals surface area contributed by atoms with Crippen LogP contribution >= 0.6 is 0 Å². The highest BCUT2D eigenvalue weighted by Gasteiger charge is 2.31. The van der Waals surface area contributed by atoms with Gasteiger partial charge in [-0.05, 0) is 44.6 Å². The zero-order valence-corrected chi connectivity index (χ0v) is 14.1. The molecule has 0 amide bonds. The van der Waals surface area contributed by atoms with E-state index in [0.29, 0.717) is 38.2 Å². The van der Waals surface area contributed by atoms with Crippen molar-refractivity contribution in [3.05, 3.63) is 0 Å². The molecule has 0 bridgehead atoms. The Hall–Kier alpha value is -0.210. The van der Waals surface area contributed by atoms with Gasteiger partial charge in [0.05, 0.1) is 6.61 Å². The first-order chi connectivity index (χ1) is 10.0. The van der Waals surface area contributed by atoms with Crippen LogP contribution in [0, 0.1) is 5.92 Å². The van der Waals surface area contributed by atoms with Crippen molar-refractivity contribution in [1.82, 2.24) is 13.9 Å². The van der Waals surface area contributed by atoms with E-state index in [9.17, 15) is 8.42 Å². The number of piperidine rings is 1. The molecule has 7 heteroatoms. The summed E-state index contributed by atoms with van der Waals surface area (Å²) in [5, 5.41) is 3.42. The van der Waals surface area contributed by atoms with Crippen LogP contribution in [0.4, 0.5) is 0 Å². The number of nitrogens with one attached hydrogen (secondary N) is 1. The maximum Gasteiger partial charge on any atom is 0.281 e. The van der Waals surface area contributed by atoms with Gasteiger partial charge in [0.1, 0.15) is 0 Å². The zero-order chi connectivity index (χ0) is 15.3. The second-order valence-electron chi connectivity index (χ2n) is 6.23. The molecule has 1 atom stereocenters. The largest absolute Gasteiger partial charge is 0.384 e. The summed E-state index contributed by atoms with van der Waals surface area (Å²) < 4.78 is 33.4. The average molecular weight is 319 g/mol. The molecule has 6 nitrogen and oxygen atoms in total. The minimum Gasteiger partial charge on any atom is -0.384 e. The summed E-state index contributed by atoms with van der Waals surface area (Å²) in [6, 6.07) is 0.684. The molecule has 1 saturated heterocycles. The Labute approximate surface area is 129 Å². The fourth-order valence-corrected chi connectivity index (χ4v) is 4.33. The van der Waals surface area contributed by atoms with Crippen LogP contribution in [0.1, 0.15) is 32.1 Å². The van der Waals surface area contributed by atoms with Gasteiger partial charge in [0.15, 0.2) is 0 Å². The van der Waals surface area contributed by atoms with Gasteiger partial charge in [0.25, 0.3) is 10.2 Å². The predicted molar refractivity (Wildman–Crippen MR) is 83.4 cm³/mol. The minimum absolute atomic E-state index is 0.323. The molecule has 0 radical (unpaired) electrons. The van der Waals surface area contributed by atoms with Gasteiger partial charge >= 0.3 is 0 Å². The normalized spacial score (nSPS) is 24.6. The summed E-state index contributed by atoms with van der Waals surface area (Å²) >= 11 is 0. The lowest BCUT2D eigenvalue weighted by Gasteiger charge is -2.34. The minimum atomic E-state index is -3.32. The standard InChI is InChI=1S/C14H29N3O3S/c1-16(9-4-8-15-14-6-7-14)21(18,19)17-10-3-5-13(11-17)12-20-2/h13-15H,3-12H2,1-2H3.